The molecular formula is C19H23N3O4S. The normalized spacial score (nSPS) is 17.5. The van der Waals surface area contributed by atoms with Gasteiger partial charge in [0.15, 0.2) is 0 Å². The second-order valence-corrected chi connectivity index (χ2v) is 8.27. The monoisotopic (exact) mass is 389 g/mol. The largest absolute Gasteiger partial charge is 0.497 e. The Morgan fingerprint density at radius 2 is 2.04 bits per heavy atom. The number of amides is 1. The van der Waals surface area contributed by atoms with Crippen molar-refractivity contribution in [3.05, 3.63) is 54.4 Å². The van der Waals surface area contributed by atoms with Gasteiger partial charge in [0.2, 0.25) is 10.0 Å². The van der Waals surface area contributed by atoms with E-state index in [2.05, 4.69) is 9.71 Å². The number of nitrogens with zero attached hydrogens (tertiary/aromatic N) is 2. The Kier molecular flexibility index (Phi) is 6.08. The number of piperidine rings is 1. The van der Waals surface area contributed by atoms with E-state index in [1.165, 1.54) is 19.2 Å². The minimum Gasteiger partial charge on any atom is -0.497 e. The molecular weight excluding hydrogens is 366 g/mol. The molecule has 1 fully saturated rings. The van der Waals surface area contributed by atoms with Crippen LogP contribution in [0.1, 0.15) is 23.3 Å². The zero-order valence-electron chi connectivity index (χ0n) is 15.2. The van der Waals surface area contributed by atoms with Gasteiger partial charge in [0.25, 0.3) is 5.91 Å². The van der Waals surface area contributed by atoms with E-state index < -0.39 is 10.0 Å². The van der Waals surface area contributed by atoms with Crippen LogP contribution in [-0.2, 0) is 10.0 Å². The van der Waals surface area contributed by atoms with Crippen molar-refractivity contribution in [3.63, 3.8) is 0 Å². The lowest BCUT2D eigenvalue weighted by Gasteiger charge is -2.32. The van der Waals surface area contributed by atoms with E-state index in [4.69, 9.17) is 4.74 Å². The number of rotatable bonds is 6. The molecule has 0 bridgehead atoms. The second kappa shape index (κ2) is 8.49. The zero-order valence-corrected chi connectivity index (χ0v) is 16.0. The molecule has 27 heavy (non-hydrogen) atoms. The molecule has 7 nitrogen and oxygen atoms in total. The van der Waals surface area contributed by atoms with E-state index in [1.807, 2.05) is 0 Å². The molecule has 0 unspecified atom stereocenters. The Hall–Kier alpha value is -2.45. The van der Waals surface area contributed by atoms with Crippen molar-refractivity contribution in [2.45, 2.75) is 17.7 Å². The number of nitrogens with one attached hydrogen (secondary N) is 1. The smallest absolute Gasteiger partial charge is 0.272 e. The van der Waals surface area contributed by atoms with Crippen molar-refractivity contribution in [3.8, 4) is 5.75 Å². The summed E-state index contributed by atoms with van der Waals surface area (Å²) < 4.78 is 32.6. The molecule has 1 aromatic carbocycles. The third kappa shape index (κ3) is 4.84. The molecule has 1 saturated heterocycles. The summed E-state index contributed by atoms with van der Waals surface area (Å²) in [5.74, 6) is 0.558. The van der Waals surface area contributed by atoms with Crippen molar-refractivity contribution in [2.24, 2.45) is 5.92 Å². The molecule has 8 heteroatoms. The number of hydrogen-bond acceptors (Lipinski definition) is 5. The van der Waals surface area contributed by atoms with Gasteiger partial charge in [-0.3, -0.25) is 9.78 Å². The fourth-order valence-corrected chi connectivity index (χ4v) is 4.25. The number of hydrogen-bond donors (Lipinski definition) is 1. The number of ether oxygens (including phenoxy) is 1. The molecule has 3 rings (SSSR count). The van der Waals surface area contributed by atoms with Gasteiger partial charge in [-0.05, 0) is 55.2 Å². The van der Waals surface area contributed by atoms with Crippen LogP contribution in [-0.4, -0.2) is 51.0 Å². The maximum absolute atomic E-state index is 12.5. The molecule has 1 atom stereocenters. The van der Waals surface area contributed by atoms with Gasteiger partial charge in [-0.15, -0.1) is 0 Å². The van der Waals surface area contributed by atoms with Crippen LogP contribution in [0.25, 0.3) is 0 Å². The third-order valence-electron chi connectivity index (χ3n) is 4.62. The fourth-order valence-electron chi connectivity index (χ4n) is 3.13. The number of carbonyl (C=O) groups is 1. The minimum atomic E-state index is -3.60. The highest BCUT2D eigenvalue weighted by atomic mass is 32.2. The van der Waals surface area contributed by atoms with Crippen molar-refractivity contribution in [2.75, 3.05) is 26.7 Å². The first-order valence-corrected chi connectivity index (χ1v) is 10.3. The van der Waals surface area contributed by atoms with Gasteiger partial charge in [-0.25, -0.2) is 13.1 Å². The van der Waals surface area contributed by atoms with E-state index in [1.54, 1.807) is 41.4 Å². The first-order valence-electron chi connectivity index (χ1n) is 8.83. The van der Waals surface area contributed by atoms with Gasteiger partial charge in [-0.2, -0.15) is 0 Å². The van der Waals surface area contributed by atoms with Gasteiger partial charge < -0.3 is 9.64 Å². The van der Waals surface area contributed by atoms with Crippen LogP contribution in [0, 0.1) is 5.92 Å². The Morgan fingerprint density at radius 3 is 2.70 bits per heavy atom. The molecule has 1 aliphatic heterocycles. The van der Waals surface area contributed by atoms with Gasteiger partial charge in [0, 0.05) is 25.8 Å². The first-order chi connectivity index (χ1) is 13.0. The van der Waals surface area contributed by atoms with Crippen molar-refractivity contribution in [1.82, 2.24) is 14.6 Å². The number of pyridine rings is 1. The average Bonchev–Trinajstić information content (AvgIpc) is 2.72. The van der Waals surface area contributed by atoms with Gasteiger partial charge >= 0.3 is 0 Å². The minimum absolute atomic E-state index is 0.0689. The molecule has 2 aromatic rings. The van der Waals surface area contributed by atoms with Crippen LogP contribution in [0.2, 0.25) is 0 Å². The van der Waals surface area contributed by atoms with E-state index >= 15 is 0 Å². The lowest BCUT2D eigenvalue weighted by molar-refractivity contribution is 0.0670. The Balaban J connectivity index is 1.59. The number of benzene rings is 1. The van der Waals surface area contributed by atoms with E-state index in [0.717, 1.165) is 12.8 Å². The Morgan fingerprint density at radius 1 is 1.26 bits per heavy atom. The molecule has 0 aliphatic carbocycles. The summed E-state index contributed by atoms with van der Waals surface area (Å²) >= 11 is 0. The van der Waals surface area contributed by atoms with Crippen LogP contribution in [0.5, 0.6) is 5.75 Å². The SMILES string of the molecule is COc1ccc(S(=O)(=O)NC[C@@H]2CCCN(C(=O)c3ccccn3)C2)cc1. The lowest BCUT2D eigenvalue weighted by Crippen LogP contribution is -2.43. The van der Waals surface area contributed by atoms with Gasteiger partial charge in [-0.1, -0.05) is 6.07 Å². The maximum atomic E-state index is 12.5. The van der Waals surface area contributed by atoms with Crippen molar-refractivity contribution < 1.29 is 17.9 Å². The van der Waals surface area contributed by atoms with Crippen LogP contribution < -0.4 is 9.46 Å². The Labute approximate surface area is 159 Å². The Bertz CT molecular complexity index is 870. The number of carbonyl (C=O) groups excluding carboxylic acids is 1. The topological polar surface area (TPSA) is 88.6 Å². The van der Waals surface area contributed by atoms with Crippen LogP contribution in [0.15, 0.2) is 53.6 Å². The van der Waals surface area contributed by atoms with Gasteiger partial charge in [0.05, 0.1) is 12.0 Å². The van der Waals surface area contributed by atoms with Crippen LogP contribution >= 0.6 is 0 Å². The standard InChI is InChI=1S/C19H23N3O4S/c1-26-16-7-9-17(10-8-16)27(24,25)21-13-15-5-4-12-22(14-15)19(23)18-6-2-3-11-20-18/h2-3,6-11,15,21H,4-5,12-14H2,1H3/t15-/m0/s1. The summed E-state index contributed by atoms with van der Waals surface area (Å²) in [6.07, 6.45) is 3.31. The molecule has 144 valence electrons. The number of methoxy groups -OCH3 is 1. The predicted octanol–water partition coefficient (Wildman–Crippen LogP) is 1.92. The zero-order chi connectivity index (χ0) is 19.3. The summed E-state index contributed by atoms with van der Waals surface area (Å²) in [7, 11) is -2.07. The lowest BCUT2D eigenvalue weighted by atomic mass is 9.98. The van der Waals surface area contributed by atoms with Crippen molar-refractivity contribution >= 4 is 15.9 Å². The second-order valence-electron chi connectivity index (χ2n) is 6.50. The van der Waals surface area contributed by atoms with Crippen molar-refractivity contribution in [1.29, 1.82) is 0 Å². The molecule has 0 spiro atoms. The number of sulfonamides is 1. The molecule has 0 saturated carbocycles. The van der Waals surface area contributed by atoms with E-state index in [0.29, 0.717) is 31.1 Å². The highest BCUT2D eigenvalue weighted by Gasteiger charge is 2.26. The summed E-state index contributed by atoms with van der Waals surface area (Å²) in [6, 6.07) is 11.5. The fraction of sp³-hybridized carbons (Fsp3) is 0.368. The van der Waals surface area contributed by atoms with Gasteiger partial charge in [0.1, 0.15) is 11.4 Å². The quantitative estimate of drug-likeness (QED) is 0.815. The summed E-state index contributed by atoms with van der Waals surface area (Å²) in [5.41, 5.74) is 0.414. The molecule has 1 aromatic heterocycles. The number of aromatic nitrogens is 1. The third-order valence-corrected chi connectivity index (χ3v) is 6.06. The molecule has 1 amide bonds. The summed E-state index contributed by atoms with van der Waals surface area (Å²) in [6.45, 7) is 1.47. The number of likely N-dealkylation sites (tertiary alicyclic amines) is 1. The van der Waals surface area contributed by atoms with Crippen LogP contribution in [0.3, 0.4) is 0 Å². The molecule has 0 radical (unpaired) electrons. The average molecular weight is 389 g/mol. The molecule has 1 aliphatic rings. The highest BCUT2D eigenvalue weighted by molar-refractivity contribution is 7.89. The predicted molar refractivity (Wildman–Crippen MR) is 101 cm³/mol. The summed E-state index contributed by atoms with van der Waals surface area (Å²) in [4.78, 5) is 18.6. The molecule has 1 N–H and O–H groups in total. The van der Waals surface area contributed by atoms with E-state index in [-0.39, 0.29) is 16.7 Å². The first kappa shape index (κ1) is 19.3. The van der Waals surface area contributed by atoms with Crippen LogP contribution in [0.4, 0.5) is 0 Å². The highest BCUT2D eigenvalue weighted by Crippen LogP contribution is 2.19. The molecule has 2 heterocycles. The summed E-state index contributed by atoms with van der Waals surface area (Å²) in [5, 5.41) is 0. The van der Waals surface area contributed by atoms with E-state index in [9.17, 15) is 13.2 Å². The maximum Gasteiger partial charge on any atom is 0.272 e.